The minimum Gasteiger partial charge on any atom is -0.468 e. The van der Waals surface area contributed by atoms with Crippen molar-refractivity contribution in [2.24, 2.45) is 10.9 Å². The van der Waals surface area contributed by atoms with Crippen molar-refractivity contribution >= 4 is 17.7 Å². The van der Waals surface area contributed by atoms with E-state index in [-0.39, 0.29) is 35.3 Å². The lowest BCUT2D eigenvalue weighted by Gasteiger charge is -2.32. The Morgan fingerprint density at radius 1 is 1.23 bits per heavy atom. The lowest BCUT2D eigenvalue weighted by atomic mass is 9.74. The van der Waals surface area contributed by atoms with Gasteiger partial charge in [0.25, 0.3) is 0 Å². The third-order valence-electron chi connectivity index (χ3n) is 5.53. The van der Waals surface area contributed by atoms with E-state index < -0.39 is 35.5 Å². The number of nitrogens with zero attached hydrogens (tertiary/aromatic N) is 1. The molecule has 0 radical (unpaired) electrons. The van der Waals surface area contributed by atoms with E-state index in [4.69, 9.17) is 14.2 Å². The van der Waals surface area contributed by atoms with Crippen LogP contribution in [0.3, 0.4) is 0 Å². The van der Waals surface area contributed by atoms with Crippen LogP contribution < -0.4 is 0 Å². The van der Waals surface area contributed by atoms with E-state index in [1.165, 1.54) is 32.0 Å². The molecule has 3 atom stereocenters. The molecule has 0 bridgehead atoms. The zero-order chi connectivity index (χ0) is 22.8. The summed E-state index contributed by atoms with van der Waals surface area (Å²) in [4.78, 5) is 29.9. The molecule has 0 saturated carbocycles. The number of aliphatic imine (C=N–C) groups is 1. The van der Waals surface area contributed by atoms with Gasteiger partial charge in [-0.3, -0.25) is 9.79 Å². The fourth-order valence-corrected chi connectivity index (χ4v) is 4.12. The molecule has 1 aromatic rings. The van der Waals surface area contributed by atoms with Gasteiger partial charge < -0.3 is 14.2 Å². The standard InChI is InChI=1S/C22H24F3NO5/c1-12-17(20(27)29-3)19(15-8-4-5-9-16(15)22(23,24)25)18(13(2)26-12)21(28)31-11-14-7-6-10-30-14/h4-5,8-9,14,17,19H,6-7,10-11H2,1-3H3/t14-,17?,19-/m0/s1. The molecule has 168 valence electrons. The predicted molar refractivity (Wildman–Crippen MR) is 105 cm³/mol. The highest BCUT2D eigenvalue weighted by atomic mass is 19.4. The number of halogens is 3. The highest BCUT2D eigenvalue weighted by Crippen LogP contribution is 2.44. The Hall–Kier alpha value is -2.68. The zero-order valence-electron chi connectivity index (χ0n) is 17.5. The van der Waals surface area contributed by atoms with Crippen LogP contribution in [-0.4, -0.2) is 44.1 Å². The van der Waals surface area contributed by atoms with Crippen LogP contribution in [0.4, 0.5) is 13.2 Å². The van der Waals surface area contributed by atoms with Gasteiger partial charge in [0.1, 0.15) is 12.5 Å². The molecule has 2 heterocycles. The summed E-state index contributed by atoms with van der Waals surface area (Å²) in [5.74, 6) is -4.04. The lowest BCUT2D eigenvalue weighted by molar-refractivity contribution is -0.146. The van der Waals surface area contributed by atoms with Crippen molar-refractivity contribution in [1.82, 2.24) is 0 Å². The summed E-state index contributed by atoms with van der Waals surface area (Å²) < 4.78 is 57.1. The third kappa shape index (κ3) is 4.81. The molecule has 3 rings (SSSR count). The smallest absolute Gasteiger partial charge is 0.416 e. The normalized spacial score (nSPS) is 24.1. The van der Waals surface area contributed by atoms with Gasteiger partial charge in [0.15, 0.2) is 0 Å². The Morgan fingerprint density at radius 2 is 1.94 bits per heavy atom. The quantitative estimate of drug-likeness (QED) is 0.648. The molecule has 0 N–H and O–H groups in total. The minimum absolute atomic E-state index is 0.0190. The lowest BCUT2D eigenvalue weighted by Crippen LogP contribution is -2.37. The fraction of sp³-hybridized carbons (Fsp3) is 0.500. The van der Waals surface area contributed by atoms with Crippen LogP contribution in [0.5, 0.6) is 0 Å². The summed E-state index contributed by atoms with van der Waals surface area (Å²) in [5, 5.41) is 0. The SMILES string of the molecule is COC(=O)C1C(C)=NC(C)=C(C(=O)OC[C@@H]2CCCO2)[C@H]1c1ccccc1C(F)(F)F. The van der Waals surface area contributed by atoms with E-state index in [9.17, 15) is 22.8 Å². The number of hydrogen-bond donors (Lipinski definition) is 0. The molecule has 2 aliphatic heterocycles. The van der Waals surface area contributed by atoms with E-state index in [2.05, 4.69) is 4.99 Å². The van der Waals surface area contributed by atoms with Crippen molar-refractivity contribution in [1.29, 1.82) is 0 Å². The Labute approximate surface area is 178 Å². The Bertz CT molecular complexity index is 916. The number of ether oxygens (including phenoxy) is 3. The van der Waals surface area contributed by atoms with Gasteiger partial charge in [0.05, 0.1) is 24.4 Å². The summed E-state index contributed by atoms with van der Waals surface area (Å²) in [7, 11) is 1.14. The zero-order valence-corrected chi connectivity index (χ0v) is 17.5. The van der Waals surface area contributed by atoms with Crippen LogP contribution in [0.2, 0.25) is 0 Å². The van der Waals surface area contributed by atoms with Crippen LogP contribution in [0.25, 0.3) is 0 Å². The molecule has 2 aliphatic rings. The molecular weight excluding hydrogens is 415 g/mol. The van der Waals surface area contributed by atoms with Gasteiger partial charge in [0, 0.05) is 23.9 Å². The molecule has 1 aromatic carbocycles. The van der Waals surface area contributed by atoms with Crippen LogP contribution in [0, 0.1) is 5.92 Å². The number of methoxy groups -OCH3 is 1. The molecule has 0 spiro atoms. The van der Waals surface area contributed by atoms with Gasteiger partial charge in [-0.1, -0.05) is 18.2 Å². The maximum absolute atomic E-state index is 13.8. The molecule has 1 fully saturated rings. The molecule has 6 nitrogen and oxygen atoms in total. The maximum atomic E-state index is 13.8. The molecule has 1 unspecified atom stereocenters. The summed E-state index contributed by atoms with van der Waals surface area (Å²) in [5.41, 5.74) is -0.751. The van der Waals surface area contributed by atoms with Crippen molar-refractivity contribution < 1.29 is 37.0 Å². The van der Waals surface area contributed by atoms with Gasteiger partial charge in [-0.25, -0.2) is 4.79 Å². The topological polar surface area (TPSA) is 74.2 Å². The van der Waals surface area contributed by atoms with Crippen LogP contribution in [-0.2, 0) is 30.0 Å². The molecule has 0 aliphatic carbocycles. The van der Waals surface area contributed by atoms with Crippen molar-refractivity contribution in [3.63, 3.8) is 0 Å². The Morgan fingerprint density at radius 3 is 2.55 bits per heavy atom. The van der Waals surface area contributed by atoms with Gasteiger partial charge in [-0.15, -0.1) is 0 Å². The molecule has 1 saturated heterocycles. The summed E-state index contributed by atoms with van der Waals surface area (Å²) in [6.07, 6.45) is -3.36. The first-order chi connectivity index (χ1) is 14.6. The van der Waals surface area contributed by atoms with E-state index >= 15 is 0 Å². The van der Waals surface area contributed by atoms with Gasteiger partial charge in [0.2, 0.25) is 0 Å². The highest BCUT2D eigenvalue weighted by molar-refractivity contribution is 6.07. The first-order valence-corrected chi connectivity index (χ1v) is 9.93. The summed E-state index contributed by atoms with van der Waals surface area (Å²) >= 11 is 0. The van der Waals surface area contributed by atoms with Gasteiger partial charge >= 0.3 is 18.1 Å². The Balaban J connectivity index is 2.08. The van der Waals surface area contributed by atoms with Crippen LogP contribution >= 0.6 is 0 Å². The highest BCUT2D eigenvalue weighted by Gasteiger charge is 2.46. The Kier molecular flexibility index (Phi) is 6.83. The molecular formula is C22H24F3NO5. The van der Waals surface area contributed by atoms with Crippen LogP contribution in [0.15, 0.2) is 40.5 Å². The number of alkyl halides is 3. The maximum Gasteiger partial charge on any atom is 0.416 e. The van der Waals surface area contributed by atoms with E-state index in [0.717, 1.165) is 26.0 Å². The average Bonchev–Trinajstić information content (AvgIpc) is 3.24. The number of hydrogen-bond acceptors (Lipinski definition) is 6. The fourth-order valence-electron chi connectivity index (χ4n) is 4.12. The molecule has 31 heavy (non-hydrogen) atoms. The largest absolute Gasteiger partial charge is 0.468 e. The first-order valence-electron chi connectivity index (χ1n) is 9.93. The number of carbonyl (C=O) groups is 2. The molecule has 0 amide bonds. The minimum atomic E-state index is -4.68. The van der Waals surface area contributed by atoms with Crippen molar-refractivity contribution in [3.8, 4) is 0 Å². The molecule has 9 heteroatoms. The second kappa shape index (κ2) is 9.21. The van der Waals surface area contributed by atoms with Gasteiger partial charge in [-0.2, -0.15) is 13.2 Å². The number of allylic oxidation sites excluding steroid dienone is 1. The van der Waals surface area contributed by atoms with Crippen molar-refractivity contribution in [2.75, 3.05) is 20.3 Å². The monoisotopic (exact) mass is 439 g/mol. The predicted octanol–water partition coefficient (Wildman–Crippen LogP) is 4.05. The molecule has 0 aromatic heterocycles. The second-order valence-corrected chi connectivity index (χ2v) is 7.55. The van der Waals surface area contributed by atoms with E-state index in [0.29, 0.717) is 6.61 Å². The van der Waals surface area contributed by atoms with E-state index in [1.807, 2.05) is 0 Å². The first kappa shape index (κ1) is 23.0. The van der Waals surface area contributed by atoms with Crippen molar-refractivity contribution in [3.05, 3.63) is 46.7 Å². The number of rotatable bonds is 5. The van der Waals surface area contributed by atoms with E-state index in [1.54, 1.807) is 0 Å². The number of carbonyl (C=O) groups excluding carboxylic acids is 2. The van der Waals surface area contributed by atoms with Crippen molar-refractivity contribution in [2.45, 2.75) is 44.9 Å². The summed E-state index contributed by atoms with van der Waals surface area (Å²) in [6, 6.07) is 4.89. The average molecular weight is 439 g/mol. The summed E-state index contributed by atoms with van der Waals surface area (Å²) in [6.45, 7) is 3.60. The second-order valence-electron chi connectivity index (χ2n) is 7.55. The number of esters is 2. The van der Waals surface area contributed by atoms with Crippen LogP contribution in [0.1, 0.15) is 43.7 Å². The third-order valence-corrected chi connectivity index (χ3v) is 5.53. The number of benzene rings is 1. The van der Waals surface area contributed by atoms with Gasteiger partial charge in [-0.05, 0) is 38.3 Å².